The molecule has 1 rings (SSSR count). The fourth-order valence-electron chi connectivity index (χ4n) is 1.54. The van der Waals surface area contributed by atoms with E-state index in [1.165, 1.54) is 6.20 Å². The van der Waals surface area contributed by atoms with Crippen LogP contribution in [-0.4, -0.2) is 30.0 Å². The average Bonchev–Trinajstić information content (AvgIpc) is 2.34. The smallest absolute Gasteiger partial charge is 0.405 e. The van der Waals surface area contributed by atoms with Gasteiger partial charge in [0.15, 0.2) is 0 Å². The fraction of sp³-hybridized carbons (Fsp3) is 0.750. The van der Waals surface area contributed by atoms with E-state index in [4.69, 9.17) is 15.0 Å². The number of nitrogens with zero attached hydrogens (tertiary/aromatic N) is 1. The molecule has 1 aliphatic rings. The van der Waals surface area contributed by atoms with Gasteiger partial charge in [-0.15, -0.1) is 0 Å². The highest BCUT2D eigenvalue weighted by Crippen LogP contribution is 2.37. The van der Waals surface area contributed by atoms with Crippen LogP contribution in [0.4, 0.5) is 0 Å². The number of aliphatic imine (C=N–C) groups is 1. The number of nitrogens with two attached hydrogens (primary N) is 1. The van der Waals surface area contributed by atoms with Gasteiger partial charge in [0.05, 0.1) is 16.8 Å². The molecule has 96 valence electrons. The summed E-state index contributed by atoms with van der Waals surface area (Å²) in [4.78, 5) is 4.48. The van der Waals surface area contributed by atoms with Crippen molar-refractivity contribution in [3.8, 4) is 0 Å². The van der Waals surface area contributed by atoms with Crippen LogP contribution in [0.1, 0.15) is 41.5 Å². The van der Waals surface area contributed by atoms with Gasteiger partial charge in [0.25, 0.3) is 0 Å². The Kier molecular flexibility index (Phi) is 4.04. The molecule has 1 aliphatic heterocycles. The second-order valence-electron chi connectivity index (χ2n) is 5.60. The maximum Gasteiger partial charge on any atom is 0.514 e. The maximum absolute atomic E-state index is 5.92. The van der Waals surface area contributed by atoms with Gasteiger partial charge >= 0.3 is 7.12 Å². The quantitative estimate of drug-likeness (QED) is 0.603. The molecule has 0 aromatic carbocycles. The van der Waals surface area contributed by atoms with Crippen molar-refractivity contribution >= 4 is 12.7 Å². The Hall–Kier alpha value is -0.805. The third-order valence-corrected chi connectivity index (χ3v) is 3.17. The minimum absolute atomic E-state index is 0.181. The van der Waals surface area contributed by atoms with Crippen LogP contribution in [0.5, 0.6) is 0 Å². The summed E-state index contributed by atoms with van der Waals surface area (Å²) in [6, 6.07) is 0.181. The molecular weight excluding hydrogens is 215 g/mol. The summed E-state index contributed by atoms with van der Waals surface area (Å²) in [5, 5.41) is 0. The van der Waals surface area contributed by atoms with E-state index in [2.05, 4.69) is 4.99 Å². The number of hydrogen-bond donors (Lipinski definition) is 1. The lowest BCUT2D eigenvalue weighted by molar-refractivity contribution is 0.00578. The van der Waals surface area contributed by atoms with Crippen molar-refractivity contribution in [2.24, 2.45) is 10.7 Å². The van der Waals surface area contributed by atoms with Gasteiger partial charge in [0.2, 0.25) is 0 Å². The fourth-order valence-corrected chi connectivity index (χ4v) is 1.54. The summed E-state index contributed by atoms with van der Waals surface area (Å²) < 4.78 is 11.8. The second-order valence-corrected chi connectivity index (χ2v) is 5.60. The van der Waals surface area contributed by atoms with Crippen LogP contribution >= 0.6 is 0 Å². The molecule has 0 amide bonds. The minimum Gasteiger partial charge on any atom is -0.405 e. The SMILES string of the molecule is CC(C)N=C(C=CN)B1OC(C)(C)C(C)(C)O1. The van der Waals surface area contributed by atoms with Gasteiger partial charge in [-0.1, -0.05) is 0 Å². The lowest BCUT2D eigenvalue weighted by Crippen LogP contribution is -2.41. The Bertz CT molecular complexity index is 319. The Morgan fingerprint density at radius 2 is 1.65 bits per heavy atom. The van der Waals surface area contributed by atoms with Gasteiger partial charge in [-0.25, -0.2) is 0 Å². The molecule has 0 atom stereocenters. The lowest BCUT2D eigenvalue weighted by atomic mass is 9.81. The third-order valence-electron chi connectivity index (χ3n) is 3.17. The molecule has 4 nitrogen and oxygen atoms in total. The molecular formula is C12H23BN2O2. The van der Waals surface area contributed by atoms with E-state index in [0.29, 0.717) is 0 Å². The molecule has 0 aromatic heterocycles. The number of allylic oxidation sites excluding steroid dienone is 1. The summed E-state index contributed by atoms with van der Waals surface area (Å²) in [6.07, 6.45) is 3.20. The van der Waals surface area contributed by atoms with Crippen molar-refractivity contribution in [1.29, 1.82) is 0 Å². The number of rotatable bonds is 3. The molecule has 17 heavy (non-hydrogen) atoms. The Morgan fingerprint density at radius 3 is 2.00 bits per heavy atom. The summed E-state index contributed by atoms with van der Waals surface area (Å²) >= 11 is 0. The van der Waals surface area contributed by atoms with Crippen molar-refractivity contribution < 1.29 is 9.31 Å². The van der Waals surface area contributed by atoms with E-state index in [1.54, 1.807) is 6.08 Å². The number of hydrogen-bond acceptors (Lipinski definition) is 4. The zero-order valence-electron chi connectivity index (χ0n) is 11.7. The molecule has 2 N–H and O–H groups in total. The average molecular weight is 238 g/mol. The largest absolute Gasteiger partial charge is 0.514 e. The standard InChI is InChI=1S/C12H23BN2O2/c1-9(2)15-10(7-8-14)13-16-11(3,4)12(5,6)17-13/h7-9H,14H2,1-6H3. The van der Waals surface area contributed by atoms with Gasteiger partial charge in [0.1, 0.15) is 0 Å². The zero-order valence-corrected chi connectivity index (χ0v) is 11.7. The van der Waals surface area contributed by atoms with Gasteiger partial charge < -0.3 is 15.0 Å². The van der Waals surface area contributed by atoms with Gasteiger partial charge in [-0.05, 0) is 53.8 Å². The third kappa shape index (κ3) is 3.10. The second kappa shape index (κ2) is 4.82. The first kappa shape index (κ1) is 14.3. The van der Waals surface area contributed by atoms with Crippen molar-refractivity contribution in [3.05, 3.63) is 12.3 Å². The van der Waals surface area contributed by atoms with E-state index in [9.17, 15) is 0 Å². The lowest BCUT2D eigenvalue weighted by Gasteiger charge is -2.32. The van der Waals surface area contributed by atoms with Gasteiger partial charge in [-0.2, -0.15) is 0 Å². The van der Waals surface area contributed by atoms with Crippen molar-refractivity contribution in [2.75, 3.05) is 0 Å². The predicted molar refractivity (Wildman–Crippen MR) is 72.0 cm³/mol. The van der Waals surface area contributed by atoms with Crippen LogP contribution in [0, 0.1) is 0 Å². The molecule has 0 aliphatic carbocycles. The molecule has 1 heterocycles. The normalized spacial score (nSPS) is 23.9. The predicted octanol–water partition coefficient (Wildman–Crippen LogP) is 1.94. The highest BCUT2D eigenvalue weighted by atomic mass is 16.7. The molecule has 0 unspecified atom stereocenters. The topological polar surface area (TPSA) is 56.8 Å². The summed E-state index contributed by atoms with van der Waals surface area (Å²) in [7, 11) is -0.442. The highest BCUT2D eigenvalue weighted by Gasteiger charge is 2.52. The Balaban J connectivity index is 2.95. The minimum atomic E-state index is -0.442. The van der Waals surface area contributed by atoms with Crippen LogP contribution in [-0.2, 0) is 9.31 Å². The highest BCUT2D eigenvalue weighted by molar-refractivity contribution is 6.84. The summed E-state index contributed by atoms with van der Waals surface area (Å²) in [5.41, 5.74) is 5.47. The van der Waals surface area contributed by atoms with Crippen molar-refractivity contribution in [3.63, 3.8) is 0 Å². The first-order chi connectivity index (χ1) is 7.69. The molecule has 1 saturated heterocycles. The molecule has 0 aromatic rings. The van der Waals surface area contributed by atoms with Crippen molar-refractivity contribution in [2.45, 2.75) is 58.8 Å². The van der Waals surface area contributed by atoms with Gasteiger partial charge in [0, 0.05) is 6.04 Å². The van der Waals surface area contributed by atoms with E-state index in [-0.39, 0.29) is 17.2 Å². The molecule has 5 heteroatoms. The summed E-state index contributed by atoms with van der Waals surface area (Å²) in [6.45, 7) is 12.1. The molecule has 0 bridgehead atoms. The monoisotopic (exact) mass is 238 g/mol. The van der Waals surface area contributed by atoms with Crippen LogP contribution in [0.25, 0.3) is 0 Å². The zero-order chi connectivity index (χ0) is 13.3. The van der Waals surface area contributed by atoms with Gasteiger partial charge in [-0.3, -0.25) is 4.99 Å². The molecule has 0 radical (unpaired) electrons. The van der Waals surface area contributed by atoms with Crippen LogP contribution < -0.4 is 5.73 Å². The first-order valence-electron chi connectivity index (χ1n) is 6.01. The molecule has 0 spiro atoms. The molecule has 1 fully saturated rings. The first-order valence-corrected chi connectivity index (χ1v) is 6.01. The van der Waals surface area contributed by atoms with Crippen LogP contribution in [0.2, 0.25) is 0 Å². The van der Waals surface area contributed by atoms with Crippen LogP contribution in [0.15, 0.2) is 17.3 Å². The molecule has 0 saturated carbocycles. The van der Waals surface area contributed by atoms with E-state index in [0.717, 1.165) is 5.61 Å². The Morgan fingerprint density at radius 1 is 1.18 bits per heavy atom. The van der Waals surface area contributed by atoms with Crippen LogP contribution in [0.3, 0.4) is 0 Å². The Labute approximate surface area is 104 Å². The van der Waals surface area contributed by atoms with Crippen molar-refractivity contribution in [1.82, 2.24) is 0 Å². The van der Waals surface area contributed by atoms with E-state index < -0.39 is 7.12 Å². The maximum atomic E-state index is 5.92. The van der Waals surface area contributed by atoms with E-state index in [1.807, 2.05) is 41.5 Å². The van der Waals surface area contributed by atoms with E-state index >= 15 is 0 Å². The summed E-state index contributed by atoms with van der Waals surface area (Å²) in [5.74, 6) is 0.